The van der Waals surface area contributed by atoms with Gasteiger partial charge in [0, 0.05) is 40.8 Å². The van der Waals surface area contributed by atoms with Crippen molar-refractivity contribution >= 4 is 40.2 Å². The van der Waals surface area contributed by atoms with Crippen molar-refractivity contribution in [3.05, 3.63) is 59.8 Å². The Kier molecular flexibility index (Phi) is 6.13. The van der Waals surface area contributed by atoms with Gasteiger partial charge in [-0.05, 0) is 49.9 Å². The number of aryl methyl sites for hydroxylation is 1. The van der Waals surface area contributed by atoms with E-state index < -0.39 is 0 Å². The third kappa shape index (κ3) is 4.38. The largest absolute Gasteiger partial charge is 0.341 e. The predicted octanol–water partition coefficient (Wildman–Crippen LogP) is 4.61. The van der Waals surface area contributed by atoms with Gasteiger partial charge in [-0.3, -0.25) is 9.59 Å². The van der Waals surface area contributed by atoms with E-state index in [0.29, 0.717) is 12.3 Å². The molecule has 30 heavy (non-hydrogen) atoms. The van der Waals surface area contributed by atoms with Crippen molar-refractivity contribution in [1.29, 1.82) is 0 Å². The zero-order valence-electron chi connectivity index (χ0n) is 17.5. The number of carbonyl (C=O) groups is 2. The molecule has 2 heterocycles. The molecule has 1 aliphatic heterocycles. The van der Waals surface area contributed by atoms with E-state index in [1.165, 1.54) is 11.8 Å². The standard InChI is InChI=1S/C24H27N3O2S/c1-17-8-7-10-20(18(17)2)25-23(28)16-30-22-14-27(21-11-4-3-9-19(21)22)15-24(29)26-12-5-6-13-26/h3-4,7-11,14H,5-6,12-13,15-16H2,1-2H3,(H,25,28). The topological polar surface area (TPSA) is 54.3 Å². The van der Waals surface area contributed by atoms with Gasteiger partial charge in [0.2, 0.25) is 11.8 Å². The summed E-state index contributed by atoms with van der Waals surface area (Å²) >= 11 is 1.51. The fraction of sp³-hybridized carbons (Fsp3) is 0.333. The van der Waals surface area contributed by atoms with Crippen LogP contribution in [0.4, 0.5) is 5.69 Å². The minimum absolute atomic E-state index is 0.0290. The van der Waals surface area contributed by atoms with Crippen LogP contribution in [0.15, 0.2) is 53.6 Å². The molecule has 1 N–H and O–H groups in total. The number of benzene rings is 2. The Balaban J connectivity index is 1.46. The second kappa shape index (κ2) is 8.96. The van der Waals surface area contributed by atoms with Crippen molar-refractivity contribution in [3.8, 4) is 0 Å². The first-order valence-corrected chi connectivity index (χ1v) is 11.4. The van der Waals surface area contributed by atoms with Crippen molar-refractivity contribution in [3.63, 3.8) is 0 Å². The molecule has 1 aromatic heterocycles. The molecule has 1 aliphatic rings. The lowest BCUT2D eigenvalue weighted by molar-refractivity contribution is -0.130. The van der Waals surface area contributed by atoms with E-state index in [2.05, 4.69) is 11.4 Å². The average Bonchev–Trinajstić information content (AvgIpc) is 3.39. The van der Waals surface area contributed by atoms with Gasteiger partial charge in [0.1, 0.15) is 6.54 Å². The molecule has 0 saturated carbocycles. The van der Waals surface area contributed by atoms with Crippen LogP contribution in [0.1, 0.15) is 24.0 Å². The van der Waals surface area contributed by atoms with Crippen LogP contribution in [0.2, 0.25) is 0 Å². The number of nitrogens with one attached hydrogen (secondary N) is 1. The quantitative estimate of drug-likeness (QED) is 0.591. The number of thioether (sulfide) groups is 1. The molecule has 5 nitrogen and oxygen atoms in total. The maximum absolute atomic E-state index is 12.6. The van der Waals surface area contributed by atoms with Crippen LogP contribution in [0.25, 0.3) is 10.9 Å². The van der Waals surface area contributed by atoms with E-state index in [1.807, 2.05) is 65.9 Å². The molecular formula is C24H27N3O2S. The van der Waals surface area contributed by atoms with Gasteiger partial charge in [-0.25, -0.2) is 0 Å². The lowest BCUT2D eigenvalue weighted by Crippen LogP contribution is -2.30. The normalized spacial score (nSPS) is 13.7. The number of fused-ring (bicyclic) bond motifs is 1. The van der Waals surface area contributed by atoms with Crippen LogP contribution >= 0.6 is 11.8 Å². The van der Waals surface area contributed by atoms with Gasteiger partial charge in [0.05, 0.1) is 5.75 Å². The van der Waals surface area contributed by atoms with Crippen molar-refractivity contribution < 1.29 is 9.59 Å². The molecule has 6 heteroatoms. The molecule has 1 fully saturated rings. The van der Waals surface area contributed by atoms with E-state index >= 15 is 0 Å². The van der Waals surface area contributed by atoms with E-state index in [9.17, 15) is 9.59 Å². The minimum atomic E-state index is -0.0290. The fourth-order valence-corrected chi connectivity index (χ4v) is 4.78. The van der Waals surface area contributed by atoms with Gasteiger partial charge in [0.15, 0.2) is 0 Å². The highest BCUT2D eigenvalue weighted by Gasteiger charge is 2.19. The molecule has 0 unspecified atom stereocenters. The van der Waals surface area contributed by atoms with Crippen LogP contribution < -0.4 is 5.32 Å². The maximum Gasteiger partial charge on any atom is 0.242 e. The highest BCUT2D eigenvalue weighted by Crippen LogP contribution is 2.30. The number of aromatic nitrogens is 1. The second-order valence-corrected chi connectivity index (χ2v) is 8.83. The summed E-state index contributed by atoms with van der Waals surface area (Å²) in [4.78, 5) is 28.1. The van der Waals surface area contributed by atoms with Crippen molar-refractivity contribution in [1.82, 2.24) is 9.47 Å². The van der Waals surface area contributed by atoms with Crippen molar-refractivity contribution in [2.45, 2.75) is 38.1 Å². The number of para-hydroxylation sites is 1. The van der Waals surface area contributed by atoms with Gasteiger partial charge in [-0.15, -0.1) is 11.8 Å². The number of hydrogen-bond acceptors (Lipinski definition) is 3. The summed E-state index contributed by atoms with van der Waals surface area (Å²) in [5.41, 5.74) is 4.14. The van der Waals surface area contributed by atoms with Crippen LogP contribution in [0.5, 0.6) is 0 Å². The summed E-state index contributed by atoms with van der Waals surface area (Å²) in [6, 6.07) is 14.0. The molecule has 0 atom stereocenters. The maximum atomic E-state index is 12.6. The first-order chi connectivity index (χ1) is 14.5. The second-order valence-electron chi connectivity index (χ2n) is 7.81. The minimum Gasteiger partial charge on any atom is -0.341 e. The van der Waals surface area contributed by atoms with Gasteiger partial charge < -0.3 is 14.8 Å². The van der Waals surface area contributed by atoms with Crippen molar-refractivity contribution in [2.75, 3.05) is 24.2 Å². The summed E-state index contributed by atoms with van der Waals surface area (Å²) in [6.07, 6.45) is 4.19. The molecule has 4 rings (SSSR count). The number of likely N-dealkylation sites (tertiary alicyclic amines) is 1. The van der Waals surface area contributed by atoms with E-state index in [0.717, 1.165) is 58.5 Å². The lowest BCUT2D eigenvalue weighted by atomic mass is 10.1. The Morgan fingerprint density at radius 3 is 2.60 bits per heavy atom. The molecule has 0 spiro atoms. The molecule has 3 aromatic rings. The number of anilines is 1. The van der Waals surface area contributed by atoms with Gasteiger partial charge >= 0.3 is 0 Å². The van der Waals surface area contributed by atoms with Crippen LogP contribution in [-0.2, 0) is 16.1 Å². The molecule has 1 saturated heterocycles. The molecule has 0 radical (unpaired) electrons. The first-order valence-electron chi connectivity index (χ1n) is 10.4. The number of carbonyl (C=O) groups excluding carboxylic acids is 2. The van der Waals surface area contributed by atoms with Crippen LogP contribution in [-0.4, -0.2) is 40.1 Å². The Hall–Kier alpha value is -2.73. The van der Waals surface area contributed by atoms with Gasteiger partial charge in [-0.1, -0.05) is 30.3 Å². The van der Waals surface area contributed by atoms with Crippen LogP contribution in [0.3, 0.4) is 0 Å². The van der Waals surface area contributed by atoms with E-state index in [1.54, 1.807) is 0 Å². The van der Waals surface area contributed by atoms with Crippen LogP contribution in [0, 0.1) is 13.8 Å². The van der Waals surface area contributed by atoms with Crippen molar-refractivity contribution in [2.24, 2.45) is 0 Å². The fourth-order valence-electron chi connectivity index (χ4n) is 3.89. The first kappa shape index (κ1) is 20.5. The Morgan fingerprint density at radius 2 is 1.80 bits per heavy atom. The highest BCUT2D eigenvalue weighted by molar-refractivity contribution is 8.00. The summed E-state index contributed by atoms with van der Waals surface area (Å²) in [6.45, 7) is 6.12. The Morgan fingerprint density at radius 1 is 1.03 bits per heavy atom. The number of rotatable bonds is 6. The number of nitrogens with zero attached hydrogens (tertiary/aromatic N) is 2. The van der Waals surface area contributed by atoms with E-state index in [-0.39, 0.29) is 11.8 Å². The Labute approximate surface area is 181 Å². The number of amides is 2. The summed E-state index contributed by atoms with van der Waals surface area (Å²) in [5, 5.41) is 4.10. The third-order valence-corrected chi connectivity index (χ3v) is 6.80. The lowest BCUT2D eigenvalue weighted by Gasteiger charge is -2.15. The molecule has 2 amide bonds. The average molecular weight is 422 g/mol. The van der Waals surface area contributed by atoms with E-state index in [4.69, 9.17) is 0 Å². The summed E-state index contributed by atoms with van der Waals surface area (Å²) in [7, 11) is 0. The third-order valence-electron chi connectivity index (χ3n) is 5.75. The molecular weight excluding hydrogens is 394 g/mol. The highest BCUT2D eigenvalue weighted by atomic mass is 32.2. The van der Waals surface area contributed by atoms with Gasteiger partial charge in [0.25, 0.3) is 0 Å². The summed E-state index contributed by atoms with van der Waals surface area (Å²) in [5.74, 6) is 0.456. The molecule has 0 aliphatic carbocycles. The number of hydrogen-bond donors (Lipinski definition) is 1. The smallest absolute Gasteiger partial charge is 0.242 e. The summed E-state index contributed by atoms with van der Waals surface area (Å²) < 4.78 is 2.01. The Bertz CT molecular complexity index is 1080. The zero-order chi connectivity index (χ0) is 21.1. The SMILES string of the molecule is Cc1cccc(NC(=O)CSc2cn(CC(=O)N3CCCC3)c3ccccc23)c1C. The molecule has 0 bridgehead atoms. The zero-order valence-corrected chi connectivity index (χ0v) is 18.3. The predicted molar refractivity (Wildman–Crippen MR) is 123 cm³/mol. The molecule has 2 aromatic carbocycles. The molecule has 156 valence electrons. The monoisotopic (exact) mass is 421 g/mol. The van der Waals surface area contributed by atoms with Gasteiger partial charge in [-0.2, -0.15) is 0 Å².